The van der Waals surface area contributed by atoms with Crippen molar-refractivity contribution in [3.63, 3.8) is 0 Å². The van der Waals surface area contributed by atoms with Crippen molar-refractivity contribution in [2.24, 2.45) is 0 Å². The molecule has 1 aromatic heterocycles. The van der Waals surface area contributed by atoms with Crippen LogP contribution in [-0.4, -0.2) is 28.4 Å². The molecule has 0 fully saturated rings. The van der Waals surface area contributed by atoms with E-state index in [1.165, 1.54) is 0 Å². The molecule has 0 bridgehead atoms. The van der Waals surface area contributed by atoms with Crippen LogP contribution in [0.3, 0.4) is 0 Å². The van der Waals surface area contributed by atoms with Crippen molar-refractivity contribution in [1.29, 1.82) is 0 Å². The SMILES string of the molecule is CCCC(Oc1ccc(Cl)cc1)C(=O)N1CCc2cc(=O)[nH]cc2C1. The maximum atomic E-state index is 12.9. The first-order valence-corrected chi connectivity index (χ1v) is 8.86. The van der Waals surface area contributed by atoms with Gasteiger partial charge >= 0.3 is 0 Å². The topological polar surface area (TPSA) is 62.4 Å². The second kappa shape index (κ2) is 7.74. The van der Waals surface area contributed by atoms with Gasteiger partial charge in [0, 0.05) is 30.4 Å². The van der Waals surface area contributed by atoms with Crippen molar-refractivity contribution >= 4 is 17.5 Å². The number of ether oxygens (including phenoxy) is 1. The number of pyridine rings is 1. The molecule has 5 nitrogen and oxygen atoms in total. The van der Waals surface area contributed by atoms with Crippen LogP contribution in [0.1, 0.15) is 30.9 Å². The summed E-state index contributed by atoms with van der Waals surface area (Å²) in [6.45, 7) is 3.12. The van der Waals surface area contributed by atoms with Crippen molar-refractivity contribution < 1.29 is 9.53 Å². The van der Waals surface area contributed by atoms with Crippen LogP contribution in [0.25, 0.3) is 0 Å². The molecule has 1 N–H and O–H groups in total. The van der Waals surface area contributed by atoms with Gasteiger partial charge in [0.25, 0.3) is 5.91 Å². The van der Waals surface area contributed by atoms with Crippen molar-refractivity contribution in [3.05, 3.63) is 63.0 Å². The number of carbonyl (C=O) groups is 1. The summed E-state index contributed by atoms with van der Waals surface area (Å²) in [7, 11) is 0. The molecule has 1 aliphatic heterocycles. The molecule has 0 aliphatic carbocycles. The van der Waals surface area contributed by atoms with Gasteiger partial charge in [0.15, 0.2) is 6.10 Å². The lowest BCUT2D eigenvalue weighted by Gasteiger charge is -2.31. The number of aromatic amines is 1. The third kappa shape index (κ3) is 4.23. The van der Waals surface area contributed by atoms with E-state index in [0.29, 0.717) is 36.7 Å². The van der Waals surface area contributed by atoms with E-state index in [1.54, 1.807) is 41.4 Å². The van der Waals surface area contributed by atoms with Crippen LogP contribution in [0.5, 0.6) is 5.75 Å². The number of carbonyl (C=O) groups excluding carboxylic acids is 1. The fourth-order valence-electron chi connectivity index (χ4n) is 3.03. The van der Waals surface area contributed by atoms with Crippen molar-refractivity contribution in [2.75, 3.05) is 6.54 Å². The quantitative estimate of drug-likeness (QED) is 0.890. The van der Waals surface area contributed by atoms with E-state index >= 15 is 0 Å². The lowest BCUT2D eigenvalue weighted by atomic mass is 10.0. The highest BCUT2D eigenvalue weighted by Gasteiger charge is 2.28. The number of amides is 1. The van der Waals surface area contributed by atoms with Gasteiger partial charge in [0.2, 0.25) is 5.56 Å². The van der Waals surface area contributed by atoms with Gasteiger partial charge in [-0.3, -0.25) is 9.59 Å². The van der Waals surface area contributed by atoms with E-state index in [4.69, 9.17) is 16.3 Å². The van der Waals surface area contributed by atoms with Gasteiger partial charge in [0.1, 0.15) is 5.75 Å². The van der Waals surface area contributed by atoms with Crippen LogP contribution in [0.2, 0.25) is 5.02 Å². The Labute approximate surface area is 151 Å². The van der Waals surface area contributed by atoms with E-state index in [0.717, 1.165) is 17.5 Å². The highest BCUT2D eigenvalue weighted by Crippen LogP contribution is 2.22. The number of hydrogen-bond acceptors (Lipinski definition) is 3. The average molecular weight is 361 g/mol. The molecule has 6 heteroatoms. The highest BCUT2D eigenvalue weighted by molar-refractivity contribution is 6.30. The largest absolute Gasteiger partial charge is 0.481 e. The molecule has 0 spiro atoms. The van der Waals surface area contributed by atoms with Crippen LogP contribution >= 0.6 is 11.6 Å². The number of halogens is 1. The Hall–Kier alpha value is -2.27. The van der Waals surface area contributed by atoms with Crippen molar-refractivity contribution in [3.8, 4) is 5.75 Å². The van der Waals surface area contributed by atoms with E-state index in [9.17, 15) is 9.59 Å². The summed E-state index contributed by atoms with van der Waals surface area (Å²) < 4.78 is 5.92. The average Bonchev–Trinajstić information content (AvgIpc) is 2.62. The molecule has 1 atom stereocenters. The Morgan fingerprint density at radius 3 is 2.80 bits per heavy atom. The zero-order valence-corrected chi connectivity index (χ0v) is 14.9. The maximum absolute atomic E-state index is 12.9. The van der Waals surface area contributed by atoms with Crippen LogP contribution in [0, 0.1) is 0 Å². The molecular formula is C19H21ClN2O3. The monoisotopic (exact) mass is 360 g/mol. The van der Waals surface area contributed by atoms with Crippen LogP contribution in [0.4, 0.5) is 0 Å². The molecule has 0 saturated heterocycles. The Bertz CT molecular complexity index is 801. The van der Waals surface area contributed by atoms with Gasteiger partial charge in [-0.15, -0.1) is 0 Å². The Kier molecular flexibility index (Phi) is 5.43. The van der Waals surface area contributed by atoms with Gasteiger partial charge < -0.3 is 14.6 Å². The number of H-pyrrole nitrogens is 1. The number of fused-ring (bicyclic) bond motifs is 1. The fraction of sp³-hybridized carbons (Fsp3) is 0.368. The normalized spacial score (nSPS) is 14.7. The minimum absolute atomic E-state index is 0.0198. The summed E-state index contributed by atoms with van der Waals surface area (Å²) in [6.07, 6.45) is 3.37. The molecule has 3 rings (SSSR count). The van der Waals surface area contributed by atoms with E-state index in [2.05, 4.69) is 4.98 Å². The second-order valence-corrected chi connectivity index (χ2v) is 6.64. The molecule has 132 valence electrons. The molecule has 2 heterocycles. The Balaban J connectivity index is 1.73. The standard InChI is InChI=1S/C19H21ClN2O3/c1-2-3-17(25-16-6-4-15(20)5-7-16)19(24)22-9-8-13-10-18(23)21-11-14(13)12-22/h4-7,10-11,17H,2-3,8-9,12H2,1H3,(H,21,23). The zero-order chi connectivity index (χ0) is 17.8. The van der Waals surface area contributed by atoms with Gasteiger partial charge in [-0.1, -0.05) is 24.9 Å². The van der Waals surface area contributed by atoms with Gasteiger partial charge in [0.05, 0.1) is 0 Å². The van der Waals surface area contributed by atoms with E-state index in [1.807, 2.05) is 6.92 Å². The number of aromatic nitrogens is 1. The van der Waals surface area contributed by atoms with Crippen LogP contribution < -0.4 is 10.3 Å². The number of hydrogen-bond donors (Lipinski definition) is 1. The molecule has 1 amide bonds. The van der Waals surface area contributed by atoms with Gasteiger partial charge in [-0.25, -0.2) is 0 Å². The van der Waals surface area contributed by atoms with Gasteiger partial charge in [-0.2, -0.15) is 0 Å². The molecule has 2 aromatic rings. The third-order valence-electron chi connectivity index (χ3n) is 4.35. The predicted molar refractivity (Wildman–Crippen MR) is 97.0 cm³/mol. The molecule has 1 aliphatic rings. The Morgan fingerprint density at radius 1 is 1.32 bits per heavy atom. The number of rotatable bonds is 5. The lowest BCUT2D eigenvalue weighted by Crippen LogP contribution is -2.44. The first-order chi connectivity index (χ1) is 12.1. The number of nitrogens with one attached hydrogen (secondary N) is 1. The minimum Gasteiger partial charge on any atom is -0.481 e. The maximum Gasteiger partial charge on any atom is 0.263 e. The summed E-state index contributed by atoms with van der Waals surface area (Å²) in [4.78, 5) is 28.8. The van der Waals surface area contributed by atoms with E-state index in [-0.39, 0.29) is 11.5 Å². The smallest absolute Gasteiger partial charge is 0.263 e. The van der Waals surface area contributed by atoms with Crippen molar-refractivity contribution in [2.45, 2.75) is 38.8 Å². The minimum atomic E-state index is -0.518. The molecule has 1 unspecified atom stereocenters. The predicted octanol–water partition coefficient (Wildman–Crippen LogP) is 3.16. The molecule has 1 aromatic carbocycles. The van der Waals surface area contributed by atoms with Crippen molar-refractivity contribution in [1.82, 2.24) is 9.88 Å². The first-order valence-electron chi connectivity index (χ1n) is 8.48. The fourth-order valence-corrected chi connectivity index (χ4v) is 3.15. The first kappa shape index (κ1) is 17.5. The summed E-state index contributed by atoms with van der Waals surface area (Å²) in [5.74, 6) is 0.617. The third-order valence-corrected chi connectivity index (χ3v) is 4.60. The molecule has 0 saturated carbocycles. The number of benzene rings is 1. The highest BCUT2D eigenvalue weighted by atomic mass is 35.5. The summed E-state index contributed by atoms with van der Waals surface area (Å²) in [5.41, 5.74) is 1.90. The Morgan fingerprint density at radius 2 is 2.08 bits per heavy atom. The zero-order valence-electron chi connectivity index (χ0n) is 14.1. The summed E-state index contributed by atoms with van der Waals surface area (Å²) >= 11 is 5.90. The van der Waals surface area contributed by atoms with Crippen LogP contribution in [-0.2, 0) is 17.8 Å². The van der Waals surface area contributed by atoms with Gasteiger partial charge in [-0.05, 0) is 48.2 Å². The number of nitrogens with zero attached hydrogens (tertiary/aromatic N) is 1. The summed E-state index contributed by atoms with van der Waals surface area (Å²) in [5, 5.41) is 0.632. The van der Waals surface area contributed by atoms with Crippen LogP contribution in [0.15, 0.2) is 41.3 Å². The molecular weight excluding hydrogens is 340 g/mol. The second-order valence-electron chi connectivity index (χ2n) is 6.21. The summed E-state index contributed by atoms with van der Waals surface area (Å²) in [6, 6.07) is 8.66. The molecule has 0 radical (unpaired) electrons. The molecule has 25 heavy (non-hydrogen) atoms. The van der Waals surface area contributed by atoms with E-state index < -0.39 is 6.10 Å². The lowest BCUT2D eigenvalue weighted by molar-refractivity contribution is -0.140.